The molecule has 0 saturated carbocycles. The van der Waals surface area contributed by atoms with Crippen LogP contribution >= 0.6 is 27.3 Å². The van der Waals surface area contributed by atoms with Crippen molar-refractivity contribution in [3.05, 3.63) is 67.5 Å². The van der Waals surface area contributed by atoms with Crippen LogP contribution in [0.5, 0.6) is 5.88 Å². The van der Waals surface area contributed by atoms with E-state index in [9.17, 15) is 5.26 Å². The number of aryl methyl sites for hydroxylation is 2. The van der Waals surface area contributed by atoms with E-state index in [1.165, 1.54) is 4.88 Å². The summed E-state index contributed by atoms with van der Waals surface area (Å²) in [6.07, 6.45) is -0.824. The molecule has 0 fully saturated rings. The van der Waals surface area contributed by atoms with Gasteiger partial charge in [0.15, 0.2) is 6.23 Å². The zero-order chi connectivity index (χ0) is 18.4. The molecule has 7 heteroatoms. The van der Waals surface area contributed by atoms with Gasteiger partial charge in [-0.1, -0.05) is 15.9 Å². The number of benzene rings is 1. The number of hydrogen-bond donors (Lipinski definition) is 1. The van der Waals surface area contributed by atoms with E-state index in [-0.39, 0.29) is 0 Å². The third-order valence-corrected chi connectivity index (χ3v) is 5.79. The smallest absolute Gasteiger partial charge is 0.226 e. The Morgan fingerprint density at radius 2 is 1.96 bits per heavy atom. The van der Waals surface area contributed by atoms with Crippen molar-refractivity contribution in [3.8, 4) is 17.6 Å². The number of nitrogens with two attached hydrogens (primary N) is 1. The number of halogens is 1. The topological polar surface area (TPSA) is 76.9 Å². The Bertz CT molecular complexity index is 1070. The lowest BCUT2D eigenvalue weighted by molar-refractivity contribution is 0.228. The highest BCUT2D eigenvalue weighted by Gasteiger charge is 2.33. The van der Waals surface area contributed by atoms with Gasteiger partial charge in [0.05, 0.1) is 22.5 Å². The van der Waals surface area contributed by atoms with Crippen LogP contribution < -0.4 is 10.5 Å². The van der Waals surface area contributed by atoms with Crippen LogP contribution in [0.15, 0.2) is 46.4 Å². The summed E-state index contributed by atoms with van der Waals surface area (Å²) in [7, 11) is 0. The molecule has 1 aliphatic rings. The lowest BCUT2D eigenvalue weighted by atomic mass is 9.96. The Balaban J connectivity index is 1.98. The highest BCUT2D eigenvalue weighted by Crippen LogP contribution is 2.43. The lowest BCUT2D eigenvalue weighted by Gasteiger charge is -2.24. The largest absolute Gasteiger partial charge is 0.453 e. The molecule has 1 atom stereocenters. The molecule has 0 amide bonds. The van der Waals surface area contributed by atoms with Gasteiger partial charge in [-0.15, -0.1) is 11.3 Å². The predicted molar refractivity (Wildman–Crippen MR) is 105 cm³/mol. The van der Waals surface area contributed by atoms with Crippen molar-refractivity contribution < 1.29 is 4.74 Å². The molecular formula is C19H15BrN4OS. The van der Waals surface area contributed by atoms with Crippen molar-refractivity contribution in [2.75, 3.05) is 0 Å². The Morgan fingerprint density at radius 3 is 2.58 bits per heavy atom. The van der Waals surface area contributed by atoms with E-state index < -0.39 is 6.23 Å². The molecular weight excluding hydrogens is 412 g/mol. The van der Waals surface area contributed by atoms with Crippen LogP contribution in [0.1, 0.15) is 21.0 Å². The van der Waals surface area contributed by atoms with Gasteiger partial charge in [0.25, 0.3) is 0 Å². The molecule has 130 valence electrons. The number of nitrogens with zero attached hydrogens (tertiary/aromatic N) is 3. The normalized spacial score (nSPS) is 16.2. The van der Waals surface area contributed by atoms with Crippen LogP contribution in [0.25, 0.3) is 11.3 Å². The van der Waals surface area contributed by atoms with Gasteiger partial charge in [-0.3, -0.25) is 5.73 Å². The number of hydrogen-bond acceptors (Lipinski definition) is 5. The van der Waals surface area contributed by atoms with Gasteiger partial charge in [-0.2, -0.15) is 10.4 Å². The summed E-state index contributed by atoms with van der Waals surface area (Å²) < 4.78 is 8.65. The molecule has 5 nitrogen and oxygen atoms in total. The quantitative estimate of drug-likeness (QED) is 0.661. The van der Waals surface area contributed by atoms with Gasteiger partial charge in [-0.05, 0) is 50.2 Å². The van der Waals surface area contributed by atoms with E-state index in [1.54, 1.807) is 16.0 Å². The zero-order valence-corrected chi connectivity index (χ0v) is 16.6. The summed E-state index contributed by atoms with van der Waals surface area (Å²) in [5, 5.41) is 14.3. The standard InChI is InChI=1S/C19H15BrN4OS/c1-10-3-8-15(26-10)17-14(9-21)18(22)25-19-16(17)11(2)23-24(19)13-6-4-12(20)5-7-13/h3-8,18H,22H2,1-2H3. The summed E-state index contributed by atoms with van der Waals surface area (Å²) in [5.74, 6) is 0.567. The van der Waals surface area contributed by atoms with Crippen molar-refractivity contribution in [2.45, 2.75) is 20.1 Å². The average Bonchev–Trinajstić information content (AvgIpc) is 3.18. The summed E-state index contributed by atoms with van der Waals surface area (Å²) >= 11 is 5.08. The second-order valence-electron chi connectivity index (χ2n) is 6.00. The van der Waals surface area contributed by atoms with E-state index in [4.69, 9.17) is 10.5 Å². The molecule has 1 unspecified atom stereocenters. The van der Waals surface area contributed by atoms with E-state index in [0.29, 0.717) is 11.5 Å². The summed E-state index contributed by atoms with van der Waals surface area (Å²) in [6, 6.07) is 14.1. The Labute approximate surface area is 163 Å². The second kappa shape index (κ2) is 6.40. The van der Waals surface area contributed by atoms with Crippen LogP contribution in [-0.2, 0) is 0 Å². The highest BCUT2D eigenvalue weighted by molar-refractivity contribution is 9.10. The maximum absolute atomic E-state index is 9.68. The Kier molecular flexibility index (Phi) is 4.19. The fourth-order valence-corrected chi connectivity index (χ4v) is 4.26. The molecule has 26 heavy (non-hydrogen) atoms. The number of ether oxygens (including phenoxy) is 1. The number of fused-ring (bicyclic) bond motifs is 1. The first-order chi connectivity index (χ1) is 12.5. The van der Waals surface area contributed by atoms with Crippen molar-refractivity contribution in [1.29, 1.82) is 5.26 Å². The fourth-order valence-electron chi connectivity index (χ4n) is 3.06. The highest BCUT2D eigenvalue weighted by atomic mass is 79.9. The first kappa shape index (κ1) is 17.0. The number of thiophene rings is 1. The SMILES string of the molecule is Cc1ccc(C2=C(C#N)C(N)Oc3c2c(C)nn3-c2ccc(Br)cc2)s1. The first-order valence-electron chi connectivity index (χ1n) is 7.99. The summed E-state index contributed by atoms with van der Waals surface area (Å²) in [5.41, 5.74) is 9.91. The van der Waals surface area contributed by atoms with Gasteiger partial charge in [0.1, 0.15) is 6.07 Å². The predicted octanol–water partition coefficient (Wildman–Crippen LogP) is 4.32. The van der Waals surface area contributed by atoms with Crippen LogP contribution in [0, 0.1) is 25.2 Å². The molecule has 2 aromatic heterocycles. The van der Waals surface area contributed by atoms with Gasteiger partial charge in [0.2, 0.25) is 5.88 Å². The third-order valence-electron chi connectivity index (χ3n) is 4.24. The van der Waals surface area contributed by atoms with E-state index in [1.807, 2.05) is 50.2 Å². The van der Waals surface area contributed by atoms with Crippen LogP contribution in [0.2, 0.25) is 0 Å². The monoisotopic (exact) mass is 426 g/mol. The Morgan fingerprint density at radius 1 is 1.23 bits per heavy atom. The molecule has 0 aliphatic carbocycles. The van der Waals surface area contributed by atoms with E-state index >= 15 is 0 Å². The Hall–Kier alpha value is -2.40. The molecule has 4 rings (SSSR count). The van der Waals surface area contributed by atoms with Gasteiger partial charge >= 0.3 is 0 Å². The lowest BCUT2D eigenvalue weighted by Crippen LogP contribution is -2.33. The third kappa shape index (κ3) is 2.67. The fraction of sp³-hybridized carbons (Fsp3) is 0.158. The summed E-state index contributed by atoms with van der Waals surface area (Å²) in [6.45, 7) is 3.96. The molecule has 0 bridgehead atoms. The number of nitriles is 1. The molecule has 2 N–H and O–H groups in total. The minimum Gasteiger partial charge on any atom is -0.453 e. The van der Waals surface area contributed by atoms with Gasteiger partial charge in [0, 0.05) is 19.8 Å². The molecule has 0 saturated heterocycles. The van der Waals surface area contributed by atoms with Gasteiger partial charge < -0.3 is 4.74 Å². The van der Waals surface area contributed by atoms with Crippen molar-refractivity contribution in [3.63, 3.8) is 0 Å². The van der Waals surface area contributed by atoms with Crippen LogP contribution in [0.3, 0.4) is 0 Å². The molecule has 0 spiro atoms. The van der Waals surface area contributed by atoms with Crippen molar-refractivity contribution >= 4 is 32.8 Å². The van der Waals surface area contributed by atoms with E-state index in [0.717, 1.165) is 31.9 Å². The molecule has 1 aromatic carbocycles. The maximum Gasteiger partial charge on any atom is 0.226 e. The summed E-state index contributed by atoms with van der Waals surface area (Å²) in [4.78, 5) is 2.17. The molecule has 1 aliphatic heterocycles. The van der Waals surface area contributed by atoms with Crippen LogP contribution in [0.4, 0.5) is 0 Å². The molecule has 3 aromatic rings. The average molecular weight is 427 g/mol. The van der Waals surface area contributed by atoms with Crippen molar-refractivity contribution in [2.24, 2.45) is 5.73 Å². The number of aromatic nitrogens is 2. The minimum absolute atomic E-state index is 0.429. The van der Waals surface area contributed by atoms with E-state index in [2.05, 4.69) is 27.1 Å². The zero-order valence-electron chi connectivity index (χ0n) is 14.2. The first-order valence-corrected chi connectivity index (χ1v) is 9.60. The minimum atomic E-state index is -0.824. The van der Waals surface area contributed by atoms with Crippen LogP contribution in [-0.4, -0.2) is 16.0 Å². The molecule has 3 heterocycles. The van der Waals surface area contributed by atoms with Crippen molar-refractivity contribution in [1.82, 2.24) is 9.78 Å². The molecule has 0 radical (unpaired) electrons. The van der Waals surface area contributed by atoms with Gasteiger partial charge in [-0.25, -0.2) is 4.68 Å². The maximum atomic E-state index is 9.68. The number of rotatable bonds is 2. The second-order valence-corrected chi connectivity index (χ2v) is 8.21.